The Hall–Kier alpha value is -6.88. The second kappa shape index (κ2) is 11.9. The first-order chi connectivity index (χ1) is 25.4. The first kappa shape index (κ1) is 31.1. The highest BCUT2D eigenvalue weighted by atomic mass is 15.0. The summed E-state index contributed by atoms with van der Waals surface area (Å²) in [6.45, 7) is 8.36. The summed E-state index contributed by atoms with van der Waals surface area (Å²) in [4.78, 5) is 0. The number of fused-ring (bicyclic) bond motifs is 6. The first-order valence-corrected chi connectivity index (χ1v) is 17.6. The van der Waals surface area contributed by atoms with Gasteiger partial charge >= 0.3 is 0 Å². The normalized spacial score (nSPS) is 11.4. The fourth-order valence-corrected chi connectivity index (χ4v) is 8.52. The van der Waals surface area contributed by atoms with Crippen LogP contribution in [-0.2, 0) is 0 Å². The predicted molar refractivity (Wildman–Crippen MR) is 214 cm³/mol. The number of para-hydroxylation sites is 4. The van der Waals surface area contributed by atoms with E-state index in [2.05, 4.69) is 158 Å². The van der Waals surface area contributed by atoms with Crippen LogP contribution in [0.25, 0.3) is 77.2 Å². The van der Waals surface area contributed by atoms with E-state index in [1.54, 1.807) is 0 Å². The van der Waals surface area contributed by atoms with Gasteiger partial charge in [0.15, 0.2) is 0 Å². The van der Waals surface area contributed by atoms with Crippen molar-refractivity contribution in [1.82, 2.24) is 9.13 Å². The second-order valence-electron chi connectivity index (χ2n) is 13.9. The van der Waals surface area contributed by atoms with Crippen LogP contribution >= 0.6 is 0 Å². The summed E-state index contributed by atoms with van der Waals surface area (Å²) < 4.78 is 4.44. The molecule has 9 rings (SSSR count). The van der Waals surface area contributed by atoms with Crippen molar-refractivity contribution in [1.29, 1.82) is 10.5 Å². The van der Waals surface area contributed by atoms with Gasteiger partial charge < -0.3 is 9.13 Å². The molecule has 7 aromatic carbocycles. The fourth-order valence-electron chi connectivity index (χ4n) is 8.52. The van der Waals surface area contributed by atoms with Crippen LogP contribution in [0.5, 0.6) is 0 Å². The molecule has 0 aliphatic carbocycles. The van der Waals surface area contributed by atoms with E-state index in [0.717, 1.165) is 88.1 Å². The molecule has 0 amide bonds. The highest BCUT2D eigenvalue weighted by Crippen LogP contribution is 2.48. The van der Waals surface area contributed by atoms with Gasteiger partial charge in [-0.1, -0.05) is 131 Å². The van der Waals surface area contributed by atoms with Gasteiger partial charge in [0.1, 0.15) is 12.1 Å². The van der Waals surface area contributed by atoms with Crippen LogP contribution < -0.4 is 0 Å². The Morgan fingerprint density at radius 2 is 0.654 bits per heavy atom. The number of hydrogen-bond donors (Lipinski definition) is 0. The number of hydrogen-bond acceptors (Lipinski definition) is 2. The maximum absolute atomic E-state index is 11.7. The van der Waals surface area contributed by atoms with E-state index >= 15 is 0 Å². The van der Waals surface area contributed by atoms with E-state index in [4.69, 9.17) is 0 Å². The lowest BCUT2D eigenvalue weighted by atomic mass is 9.85. The van der Waals surface area contributed by atoms with Crippen LogP contribution in [0.3, 0.4) is 0 Å². The average molecular weight is 667 g/mol. The largest absolute Gasteiger partial charge is 0.307 e. The molecule has 0 saturated heterocycles. The van der Waals surface area contributed by atoms with Crippen molar-refractivity contribution in [2.45, 2.75) is 27.7 Å². The van der Waals surface area contributed by atoms with Crippen molar-refractivity contribution in [3.8, 4) is 45.8 Å². The third kappa shape index (κ3) is 4.59. The van der Waals surface area contributed by atoms with Crippen molar-refractivity contribution in [3.63, 3.8) is 0 Å². The summed E-state index contributed by atoms with van der Waals surface area (Å²) in [7, 11) is 0. The number of rotatable bonds is 4. The molecule has 0 spiro atoms. The van der Waals surface area contributed by atoms with Crippen LogP contribution in [0.15, 0.2) is 133 Å². The summed E-state index contributed by atoms with van der Waals surface area (Å²) >= 11 is 0. The van der Waals surface area contributed by atoms with Gasteiger partial charge in [0.2, 0.25) is 0 Å². The molecule has 0 saturated carbocycles. The minimum atomic E-state index is 0.515. The zero-order valence-electron chi connectivity index (χ0n) is 29.5. The predicted octanol–water partition coefficient (Wildman–Crippen LogP) is 12.2. The van der Waals surface area contributed by atoms with Crippen molar-refractivity contribution < 1.29 is 0 Å². The molecule has 4 nitrogen and oxygen atoms in total. The van der Waals surface area contributed by atoms with Crippen molar-refractivity contribution >= 4 is 43.6 Å². The molecule has 0 fully saturated rings. The van der Waals surface area contributed by atoms with Crippen LogP contribution in [0.1, 0.15) is 33.4 Å². The Morgan fingerprint density at radius 1 is 0.385 bits per heavy atom. The van der Waals surface area contributed by atoms with E-state index in [0.29, 0.717) is 22.5 Å². The third-order valence-electron chi connectivity index (χ3n) is 10.3. The minimum Gasteiger partial charge on any atom is -0.307 e. The molecule has 4 heteroatoms. The Morgan fingerprint density at radius 3 is 0.923 bits per heavy atom. The van der Waals surface area contributed by atoms with E-state index in [1.165, 1.54) is 0 Å². The van der Waals surface area contributed by atoms with Gasteiger partial charge in [-0.3, -0.25) is 0 Å². The van der Waals surface area contributed by atoms with Crippen LogP contribution in [0, 0.1) is 50.4 Å². The highest BCUT2D eigenvalue weighted by molar-refractivity contribution is 6.13. The number of nitrogens with zero attached hydrogens (tertiary/aromatic N) is 4. The Balaban J connectivity index is 1.62. The lowest BCUT2D eigenvalue weighted by Crippen LogP contribution is -2.11. The summed E-state index contributed by atoms with van der Waals surface area (Å²) in [5.74, 6) is 0. The van der Waals surface area contributed by atoms with E-state index in [9.17, 15) is 10.5 Å². The molecule has 2 aromatic heterocycles. The molecule has 52 heavy (non-hydrogen) atoms. The summed E-state index contributed by atoms with van der Waals surface area (Å²) in [5.41, 5.74) is 14.0. The molecule has 9 aromatic rings. The van der Waals surface area contributed by atoms with Gasteiger partial charge in [-0.2, -0.15) is 10.5 Å². The number of nitriles is 2. The Labute approximate surface area is 302 Å². The van der Waals surface area contributed by atoms with Gasteiger partial charge in [0, 0.05) is 32.7 Å². The van der Waals surface area contributed by atoms with Crippen LogP contribution in [0.2, 0.25) is 0 Å². The van der Waals surface area contributed by atoms with E-state index in [-0.39, 0.29) is 0 Å². The first-order valence-electron chi connectivity index (χ1n) is 17.6. The molecule has 246 valence electrons. The van der Waals surface area contributed by atoms with Gasteiger partial charge in [-0.15, -0.1) is 0 Å². The molecule has 0 aliphatic rings. The fraction of sp³-hybridized carbons (Fsp3) is 0.0833. The molecule has 0 atom stereocenters. The molecule has 0 radical (unpaired) electrons. The summed E-state index contributed by atoms with van der Waals surface area (Å²) in [6, 6.07) is 51.8. The number of aromatic nitrogens is 2. The molecule has 0 unspecified atom stereocenters. The van der Waals surface area contributed by atoms with Gasteiger partial charge in [0.05, 0.1) is 44.6 Å². The maximum atomic E-state index is 11.7. The summed E-state index contributed by atoms with van der Waals surface area (Å²) in [5, 5.41) is 27.7. The monoisotopic (exact) mass is 666 g/mol. The maximum Gasteiger partial charge on any atom is 0.102 e. The molecule has 2 heterocycles. The zero-order chi connectivity index (χ0) is 35.7. The highest BCUT2D eigenvalue weighted by Gasteiger charge is 2.31. The summed E-state index contributed by atoms with van der Waals surface area (Å²) in [6.07, 6.45) is 0. The lowest BCUT2D eigenvalue weighted by Gasteiger charge is -2.25. The molecule has 0 aliphatic heterocycles. The van der Waals surface area contributed by atoms with Gasteiger partial charge in [-0.05, 0) is 63.1 Å². The van der Waals surface area contributed by atoms with E-state index in [1.807, 2.05) is 24.3 Å². The Kier molecular flexibility index (Phi) is 7.11. The molecule has 0 bridgehead atoms. The van der Waals surface area contributed by atoms with E-state index < -0.39 is 0 Å². The van der Waals surface area contributed by atoms with Crippen molar-refractivity contribution in [2.75, 3.05) is 0 Å². The smallest absolute Gasteiger partial charge is 0.102 e. The quantitative estimate of drug-likeness (QED) is 0.188. The molecular formula is C48H34N4. The number of aryl methyl sites for hydroxylation is 4. The zero-order valence-corrected chi connectivity index (χ0v) is 29.5. The SMILES string of the molecule is Cc1cc(C)cc(-c2c(C#N)c(-n3c4ccccc4c4ccccc43)c(-c3cc(C)cc(C)c3)c(C#N)c2-n2c3ccccc3c3ccccc32)c1. The topological polar surface area (TPSA) is 57.4 Å². The third-order valence-corrected chi connectivity index (χ3v) is 10.3. The minimum absolute atomic E-state index is 0.515. The van der Waals surface area contributed by atoms with Crippen molar-refractivity contribution in [3.05, 3.63) is 167 Å². The Bertz CT molecular complexity index is 2680. The standard InChI is InChI=1S/C48H34N4/c1-29-21-30(2)24-33(23-29)45-39(27-49)48(52-43-19-11-7-15-37(43)38-16-8-12-20-44(38)52)46(34-25-31(3)22-32(4)26-34)40(28-50)47(45)51-41-17-9-5-13-35(41)36-14-6-10-18-42(36)51/h5-26H,1-4H3. The molecular weight excluding hydrogens is 633 g/mol. The second-order valence-corrected chi connectivity index (χ2v) is 13.9. The van der Waals surface area contributed by atoms with Crippen LogP contribution in [0.4, 0.5) is 0 Å². The lowest BCUT2D eigenvalue weighted by molar-refractivity contribution is 1.13. The van der Waals surface area contributed by atoms with Crippen LogP contribution in [-0.4, -0.2) is 9.13 Å². The van der Waals surface area contributed by atoms with Crippen molar-refractivity contribution in [2.24, 2.45) is 0 Å². The van der Waals surface area contributed by atoms with Gasteiger partial charge in [0.25, 0.3) is 0 Å². The average Bonchev–Trinajstić information content (AvgIpc) is 3.65. The van der Waals surface area contributed by atoms with Gasteiger partial charge in [-0.25, -0.2) is 0 Å². The number of benzene rings is 7. The molecule has 0 N–H and O–H groups in total.